The standard InChI is InChI=1S/C28H27NO7/c1-18(2)16-35-27(32)20-8-12-21(13-9-20)29-25(30)17-36-28(33)24-7-5-4-6-23(24)26(31)19-10-14-22(34-3)15-11-19/h4-15,18H,16-17H2,1-3H3,(H,29,30). The summed E-state index contributed by atoms with van der Waals surface area (Å²) >= 11 is 0. The number of hydrogen-bond acceptors (Lipinski definition) is 7. The Labute approximate surface area is 209 Å². The molecule has 0 saturated heterocycles. The fourth-order valence-corrected chi connectivity index (χ4v) is 3.18. The molecule has 0 bridgehead atoms. The van der Waals surface area contributed by atoms with Crippen LogP contribution in [0.15, 0.2) is 72.8 Å². The lowest BCUT2D eigenvalue weighted by Crippen LogP contribution is -2.22. The van der Waals surface area contributed by atoms with Crippen molar-refractivity contribution in [2.75, 3.05) is 25.6 Å². The average Bonchev–Trinajstić information content (AvgIpc) is 2.90. The summed E-state index contributed by atoms with van der Waals surface area (Å²) in [5.74, 6) is -1.35. The molecule has 3 aromatic rings. The summed E-state index contributed by atoms with van der Waals surface area (Å²) in [6.45, 7) is 3.64. The number of hydrogen-bond donors (Lipinski definition) is 1. The van der Waals surface area contributed by atoms with E-state index >= 15 is 0 Å². The second-order valence-corrected chi connectivity index (χ2v) is 8.30. The molecule has 0 atom stereocenters. The number of benzene rings is 3. The third-order valence-corrected chi connectivity index (χ3v) is 5.03. The van der Waals surface area contributed by atoms with Gasteiger partial charge >= 0.3 is 11.9 Å². The maximum Gasteiger partial charge on any atom is 0.339 e. The number of anilines is 1. The van der Waals surface area contributed by atoms with E-state index in [-0.39, 0.29) is 22.8 Å². The summed E-state index contributed by atoms with van der Waals surface area (Å²) in [6.07, 6.45) is 0. The molecule has 8 heteroatoms. The Morgan fingerprint density at radius 1 is 0.750 bits per heavy atom. The van der Waals surface area contributed by atoms with Crippen LogP contribution in [0.1, 0.15) is 50.5 Å². The van der Waals surface area contributed by atoms with Gasteiger partial charge in [-0.15, -0.1) is 0 Å². The summed E-state index contributed by atoms with van der Waals surface area (Å²) in [5, 5.41) is 2.59. The lowest BCUT2D eigenvalue weighted by atomic mass is 9.98. The van der Waals surface area contributed by atoms with E-state index in [0.717, 1.165) is 0 Å². The molecule has 3 rings (SSSR count). The van der Waals surface area contributed by atoms with Crippen molar-refractivity contribution < 1.29 is 33.4 Å². The normalized spacial score (nSPS) is 10.4. The Balaban J connectivity index is 1.58. The van der Waals surface area contributed by atoms with Gasteiger partial charge in [-0.1, -0.05) is 32.0 Å². The SMILES string of the molecule is COc1ccc(C(=O)c2ccccc2C(=O)OCC(=O)Nc2ccc(C(=O)OCC(C)C)cc2)cc1. The molecule has 1 N–H and O–H groups in total. The van der Waals surface area contributed by atoms with Gasteiger partial charge in [0.05, 0.1) is 24.8 Å². The first-order valence-electron chi connectivity index (χ1n) is 11.3. The molecule has 0 fully saturated rings. The Morgan fingerprint density at radius 2 is 1.36 bits per heavy atom. The Bertz CT molecular complexity index is 1230. The number of carbonyl (C=O) groups is 4. The van der Waals surface area contributed by atoms with Gasteiger partial charge in [-0.05, 0) is 60.5 Å². The fourth-order valence-electron chi connectivity index (χ4n) is 3.18. The largest absolute Gasteiger partial charge is 0.497 e. The van der Waals surface area contributed by atoms with Crippen molar-refractivity contribution in [3.63, 3.8) is 0 Å². The first kappa shape index (κ1) is 26.2. The number of esters is 2. The molecule has 8 nitrogen and oxygen atoms in total. The van der Waals surface area contributed by atoms with E-state index in [1.54, 1.807) is 48.5 Å². The van der Waals surface area contributed by atoms with E-state index in [1.165, 1.54) is 31.4 Å². The van der Waals surface area contributed by atoms with Crippen LogP contribution in [0.2, 0.25) is 0 Å². The lowest BCUT2D eigenvalue weighted by molar-refractivity contribution is -0.119. The number of amides is 1. The first-order chi connectivity index (χ1) is 17.3. The van der Waals surface area contributed by atoms with Gasteiger partial charge in [0, 0.05) is 16.8 Å². The van der Waals surface area contributed by atoms with Crippen molar-refractivity contribution in [3.05, 3.63) is 95.1 Å². The van der Waals surface area contributed by atoms with Crippen molar-refractivity contribution in [1.82, 2.24) is 0 Å². The van der Waals surface area contributed by atoms with Crippen LogP contribution in [-0.4, -0.2) is 44.0 Å². The highest BCUT2D eigenvalue weighted by Gasteiger charge is 2.20. The number of carbonyl (C=O) groups excluding carboxylic acids is 4. The zero-order chi connectivity index (χ0) is 26.1. The number of ketones is 1. The summed E-state index contributed by atoms with van der Waals surface area (Å²) in [6, 6.07) is 18.9. The van der Waals surface area contributed by atoms with Crippen LogP contribution >= 0.6 is 0 Å². The predicted octanol–water partition coefficient (Wildman–Crippen LogP) is 4.53. The van der Waals surface area contributed by atoms with Gasteiger partial charge in [0.25, 0.3) is 5.91 Å². The minimum atomic E-state index is -0.800. The molecule has 3 aromatic carbocycles. The zero-order valence-corrected chi connectivity index (χ0v) is 20.3. The minimum absolute atomic E-state index is 0.0513. The second-order valence-electron chi connectivity index (χ2n) is 8.30. The third-order valence-electron chi connectivity index (χ3n) is 5.03. The van der Waals surface area contributed by atoms with E-state index in [2.05, 4.69) is 5.32 Å². The fraction of sp³-hybridized carbons (Fsp3) is 0.214. The summed E-state index contributed by atoms with van der Waals surface area (Å²) in [5.41, 5.74) is 1.37. The van der Waals surface area contributed by atoms with Crippen molar-refractivity contribution >= 4 is 29.3 Å². The number of methoxy groups -OCH3 is 1. The number of rotatable bonds is 10. The average molecular weight is 490 g/mol. The van der Waals surface area contributed by atoms with Crippen molar-refractivity contribution in [2.45, 2.75) is 13.8 Å². The molecule has 0 heterocycles. The van der Waals surface area contributed by atoms with Gasteiger partial charge in [-0.3, -0.25) is 9.59 Å². The van der Waals surface area contributed by atoms with Crippen molar-refractivity contribution in [2.24, 2.45) is 5.92 Å². The quantitative estimate of drug-likeness (QED) is 0.329. The van der Waals surface area contributed by atoms with E-state index in [0.29, 0.717) is 29.2 Å². The van der Waals surface area contributed by atoms with Crippen LogP contribution in [0.25, 0.3) is 0 Å². The molecule has 36 heavy (non-hydrogen) atoms. The van der Waals surface area contributed by atoms with E-state index in [4.69, 9.17) is 14.2 Å². The van der Waals surface area contributed by atoms with Gasteiger partial charge in [0.15, 0.2) is 12.4 Å². The third kappa shape index (κ3) is 7.02. The molecule has 0 aliphatic rings. The monoisotopic (exact) mass is 489 g/mol. The second kappa shape index (κ2) is 12.3. The van der Waals surface area contributed by atoms with E-state index < -0.39 is 24.5 Å². The highest BCUT2D eigenvalue weighted by atomic mass is 16.5. The predicted molar refractivity (Wildman–Crippen MR) is 133 cm³/mol. The van der Waals surface area contributed by atoms with E-state index in [9.17, 15) is 19.2 Å². The van der Waals surface area contributed by atoms with Crippen LogP contribution < -0.4 is 10.1 Å². The molecule has 0 saturated carbocycles. The van der Waals surface area contributed by atoms with E-state index in [1.807, 2.05) is 13.8 Å². The topological polar surface area (TPSA) is 108 Å². The minimum Gasteiger partial charge on any atom is -0.497 e. The summed E-state index contributed by atoms with van der Waals surface area (Å²) in [7, 11) is 1.53. The smallest absolute Gasteiger partial charge is 0.339 e. The van der Waals surface area contributed by atoms with Gasteiger partial charge in [-0.2, -0.15) is 0 Å². The van der Waals surface area contributed by atoms with Crippen LogP contribution in [-0.2, 0) is 14.3 Å². The molecule has 0 aromatic heterocycles. The van der Waals surface area contributed by atoms with Crippen LogP contribution in [0.5, 0.6) is 5.75 Å². The van der Waals surface area contributed by atoms with Crippen molar-refractivity contribution in [1.29, 1.82) is 0 Å². The molecule has 0 unspecified atom stereocenters. The molecule has 1 amide bonds. The summed E-state index contributed by atoms with van der Waals surface area (Å²) < 4.78 is 15.4. The molecule has 0 aliphatic heterocycles. The first-order valence-corrected chi connectivity index (χ1v) is 11.3. The maximum absolute atomic E-state index is 12.9. The van der Waals surface area contributed by atoms with Gasteiger partial charge in [0.1, 0.15) is 5.75 Å². The lowest BCUT2D eigenvalue weighted by Gasteiger charge is -2.10. The highest BCUT2D eigenvalue weighted by Crippen LogP contribution is 2.19. The van der Waals surface area contributed by atoms with Crippen molar-refractivity contribution in [3.8, 4) is 5.75 Å². The Hall–Kier alpha value is -4.46. The molecule has 0 aliphatic carbocycles. The van der Waals surface area contributed by atoms with Gasteiger partial charge < -0.3 is 19.5 Å². The Kier molecular flexibility index (Phi) is 8.94. The van der Waals surface area contributed by atoms with Crippen LogP contribution in [0.3, 0.4) is 0 Å². The van der Waals surface area contributed by atoms with Gasteiger partial charge in [-0.25, -0.2) is 9.59 Å². The molecular weight excluding hydrogens is 462 g/mol. The van der Waals surface area contributed by atoms with Gasteiger partial charge in [0.2, 0.25) is 0 Å². The highest BCUT2D eigenvalue weighted by molar-refractivity contribution is 6.14. The summed E-state index contributed by atoms with van der Waals surface area (Å²) in [4.78, 5) is 49.9. The molecule has 186 valence electrons. The maximum atomic E-state index is 12.9. The molecular formula is C28H27NO7. The molecule has 0 radical (unpaired) electrons. The number of ether oxygens (including phenoxy) is 3. The zero-order valence-electron chi connectivity index (χ0n) is 20.3. The van der Waals surface area contributed by atoms with Crippen LogP contribution in [0.4, 0.5) is 5.69 Å². The molecule has 0 spiro atoms. The number of nitrogens with one attached hydrogen (secondary N) is 1. The van der Waals surface area contributed by atoms with Crippen LogP contribution in [0, 0.1) is 5.92 Å². The Morgan fingerprint density at radius 3 is 1.97 bits per heavy atom.